The van der Waals surface area contributed by atoms with E-state index in [0.717, 1.165) is 5.75 Å². The van der Waals surface area contributed by atoms with Gasteiger partial charge in [0.25, 0.3) is 0 Å². The zero-order valence-electron chi connectivity index (χ0n) is 10.5. The van der Waals surface area contributed by atoms with Gasteiger partial charge >= 0.3 is 0 Å². The lowest BCUT2D eigenvalue weighted by Gasteiger charge is -2.21. The van der Waals surface area contributed by atoms with Gasteiger partial charge in [-0.1, -0.05) is 20.8 Å². The van der Waals surface area contributed by atoms with E-state index in [1.807, 2.05) is 0 Å². The highest BCUT2D eigenvalue weighted by molar-refractivity contribution is 7.98. The van der Waals surface area contributed by atoms with Crippen molar-refractivity contribution in [3.05, 3.63) is 23.8 Å². The van der Waals surface area contributed by atoms with Crippen molar-refractivity contribution in [3.63, 3.8) is 0 Å². The van der Waals surface area contributed by atoms with Crippen LogP contribution in [0.1, 0.15) is 39.2 Å². The Morgan fingerprint density at radius 3 is 2.38 bits per heavy atom. The van der Waals surface area contributed by atoms with Gasteiger partial charge in [0, 0.05) is 4.90 Å². The quantitative estimate of drug-likeness (QED) is 0.726. The molecule has 0 saturated heterocycles. The summed E-state index contributed by atoms with van der Waals surface area (Å²) in [7, 11) is 0. The molecule has 0 N–H and O–H groups in total. The topological polar surface area (TPSA) is 9.23 Å². The second-order valence-corrected chi connectivity index (χ2v) is 6.34. The maximum atomic E-state index is 5.89. The molecule has 0 unspecified atom stereocenters. The van der Waals surface area contributed by atoms with Crippen LogP contribution < -0.4 is 4.74 Å². The van der Waals surface area contributed by atoms with Gasteiger partial charge in [-0.2, -0.15) is 0 Å². The van der Waals surface area contributed by atoms with Crippen molar-refractivity contribution in [2.45, 2.75) is 50.0 Å². The number of rotatable bonds is 3. The summed E-state index contributed by atoms with van der Waals surface area (Å²) in [4.78, 5) is 1.29. The molecule has 1 saturated carbocycles. The maximum absolute atomic E-state index is 5.89. The summed E-state index contributed by atoms with van der Waals surface area (Å²) in [6.07, 6.45) is 5.02. The van der Waals surface area contributed by atoms with Gasteiger partial charge in [-0.05, 0) is 48.3 Å². The van der Waals surface area contributed by atoms with Crippen molar-refractivity contribution in [1.82, 2.24) is 0 Å². The number of ether oxygens (including phenoxy) is 1. The van der Waals surface area contributed by atoms with E-state index in [1.54, 1.807) is 11.8 Å². The molecule has 16 heavy (non-hydrogen) atoms. The molecule has 2 rings (SSSR count). The minimum Gasteiger partial charge on any atom is -0.490 e. The molecule has 0 atom stereocenters. The molecular weight excluding hydrogens is 216 g/mol. The molecule has 0 radical (unpaired) electrons. The molecule has 0 heterocycles. The predicted molar refractivity (Wildman–Crippen MR) is 70.6 cm³/mol. The monoisotopic (exact) mass is 236 g/mol. The molecule has 1 aliphatic rings. The average molecular weight is 236 g/mol. The Bertz CT molecular complexity index is 375. The molecule has 0 bridgehead atoms. The first kappa shape index (κ1) is 11.8. The van der Waals surface area contributed by atoms with Crippen LogP contribution in [-0.2, 0) is 5.41 Å². The van der Waals surface area contributed by atoms with Gasteiger partial charge in [-0.25, -0.2) is 0 Å². The first-order chi connectivity index (χ1) is 7.49. The number of hydrogen-bond acceptors (Lipinski definition) is 2. The van der Waals surface area contributed by atoms with E-state index in [-0.39, 0.29) is 5.41 Å². The van der Waals surface area contributed by atoms with Crippen molar-refractivity contribution in [1.29, 1.82) is 0 Å². The van der Waals surface area contributed by atoms with Crippen LogP contribution >= 0.6 is 11.8 Å². The smallest absolute Gasteiger partial charge is 0.121 e. The fourth-order valence-corrected chi connectivity index (χ4v) is 2.05. The van der Waals surface area contributed by atoms with Crippen LogP contribution in [-0.4, -0.2) is 12.4 Å². The van der Waals surface area contributed by atoms with Gasteiger partial charge < -0.3 is 4.74 Å². The second-order valence-electron chi connectivity index (χ2n) is 5.46. The molecule has 1 aromatic rings. The summed E-state index contributed by atoms with van der Waals surface area (Å²) in [5.74, 6) is 1.04. The second kappa shape index (κ2) is 4.33. The Morgan fingerprint density at radius 1 is 1.19 bits per heavy atom. The van der Waals surface area contributed by atoms with Crippen molar-refractivity contribution < 1.29 is 4.74 Å². The van der Waals surface area contributed by atoms with Crippen LogP contribution in [0.3, 0.4) is 0 Å². The van der Waals surface area contributed by atoms with Crippen LogP contribution in [0.15, 0.2) is 23.1 Å². The Morgan fingerprint density at radius 2 is 1.88 bits per heavy atom. The summed E-state index contributed by atoms with van der Waals surface area (Å²) in [6, 6.07) is 6.61. The lowest BCUT2D eigenvalue weighted by molar-refractivity contribution is 0.301. The van der Waals surface area contributed by atoms with E-state index in [2.05, 4.69) is 45.2 Å². The maximum Gasteiger partial charge on any atom is 0.121 e. The van der Waals surface area contributed by atoms with Crippen LogP contribution in [0.2, 0.25) is 0 Å². The van der Waals surface area contributed by atoms with E-state index in [4.69, 9.17) is 4.74 Å². The van der Waals surface area contributed by atoms with Gasteiger partial charge in [0.1, 0.15) is 5.75 Å². The number of thioether (sulfide) groups is 1. The highest BCUT2D eigenvalue weighted by atomic mass is 32.2. The number of hydrogen-bond donors (Lipinski definition) is 0. The Kier molecular flexibility index (Phi) is 3.20. The SMILES string of the molecule is CSc1cc(OC2CC2)cc(C(C)(C)C)c1. The van der Waals surface area contributed by atoms with Gasteiger partial charge in [-0.3, -0.25) is 0 Å². The minimum atomic E-state index is 0.188. The molecule has 0 aromatic heterocycles. The van der Waals surface area contributed by atoms with Gasteiger partial charge in [0.2, 0.25) is 0 Å². The van der Waals surface area contributed by atoms with Crippen molar-refractivity contribution in [2.24, 2.45) is 0 Å². The fraction of sp³-hybridized carbons (Fsp3) is 0.571. The van der Waals surface area contributed by atoms with E-state index in [0.29, 0.717) is 6.10 Å². The fourth-order valence-electron chi connectivity index (χ4n) is 1.57. The van der Waals surface area contributed by atoms with E-state index >= 15 is 0 Å². The van der Waals surface area contributed by atoms with Gasteiger partial charge in [0.15, 0.2) is 0 Å². The number of benzene rings is 1. The molecule has 2 heteroatoms. The highest BCUT2D eigenvalue weighted by Gasteiger charge is 2.24. The Balaban J connectivity index is 2.29. The largest absolute Gasteiger partial charge is 0.490 e. The first-order valence-corrected chi connectivity index (χ1v) is 7.08. The third-order valence-electron chi connectivity index (χ3n) is 2.81. The predicted octanol–water partition coefficient (Wildman–Crippen LogP) is 4.25. The zero-order valence-corrected chi connectivity index (χ0v) is 11.4. The lowest BCUT2D eigenvalue weighted by atomic mass is 9.87. The lowest BCUT2D eigenvalue weighted by Crippen LogP contribution is -2.11. The molecule has 1 fully saturated rings. The third-order valence-corrected chi connectivity index (χ3v) is 3.52. The van der Waals surface area contributed by atoms with Crippen molar-refractivity contribution >= 4 is 11.8 Å². The first-order valence-electron chi connectivity index (χ1n) is 5.85. The molecular formula is C14H20OS. The normalized spacial score (nSPS) is 16.2. The van der Waals surface area contributed by atoms with Gasteiger partial charge in [0.05, 0.1) is 6.10 Å². The third kappa shape index (κ3) is 2.94. The molecule has 0 aliphatic heterocycles. The van der Waals surface area contributed by atoms with Crippen molar-refractivity contribution in [3.8, 4) is 5.75 Å². The molecule has 88 valence electrons. The average Bonchev–Trinajstić information content (AvgIpc) is 3.00. The molecule has 0 amide bonds. The molecule has 0 spiro atoms. The standard InChI is InChI=1S/C14H20OS/c1-14(2,3)10-7-12(15-11-5-6-11)9-13(8-10)16-4/h7-9,11H,5-6H2,1-4H3. The van der Waals surface area contributed by atoms with Gasteiger partial charge in [-0.15, -0.1) is 11.8 Å². The summed E-state index contributed by atoms with van der Waals surface area (Å²) >= 11 is 1.78. The highest BCUT2D eigenvalue weighted by Crippen LogP contribution is 2.34. The molecule has 1 aliphatic carbocycles. The van der Waals surface area contributed by atoms with E-state index in [1.165, 1.54) is 23.3 Å². The van der Waals surface area contributed by atoms with Crippen LogP contribution in [0.25, 0.3) is 0 Å². The summed E-state index contributed by atoms with van der Waals surface area (Å²) in [5, 5.41) is 0. The summed E-state index contributed by atoms with van der Waals surface area (Å²) < 4.78 is 5.89. The summed E-state index contributed by atoms with van der Waals surface area (Å²) in [5.41, 5.74) is 1.54. The van der Waals surface area contributed by atoms with E-state index < -0.39 is 0 Å². The zero-order chi connectivity index (χ0) is 11.8. The summed E-state index contributed by atoms with van der Waals surface area (Å²) in [6.45, 7) is 6.73. The van der Waals surface area contributed by atoms with Crippen LogP contribution in [0.5, 0.6) is 5.75 Å². The molecule has 1 nitrogen and oxygen atoms in total. The van der Waals surface area contributed by atoms with Crippen LogP contribution in [0.4, 0.5) is 0 Å². The Hall–Kier alpha value is -0.630. The van der Waals surface area contributed by atoms with E-state index in [9.17, 15) is 0 Å². The minimum absolute atomic E-state index is 0.188. The van der Waals surface area contributed by atoms with Crippen LogP contribution in [0, 0.1) is 0 Å². The molecule has 1 aromatic carbocycles. The Labute approximate surface area is 103 Å². The van der Waals surface area contributed by atoms with Crippen molar-refractivity contribution in [2.75, 3.05) is 6.26 Å².